The van der Waals surface area contributed by atoms with Crippen LogP contribution in [0, 0.1) is 15.9 Å². The third-order valence-electron chi connectivity index (χ3n) is 6.27. The highest BCUT2D eigenvalue weighted by Crippen LogP contribution is 2.34. The molecule has 38 heavy (non-hydrogen) atoms. The predicted molar refractivity (Wildman–Crippen MR) is 149 cm³/mol. The van der Waals surface area contributed by atoms with Crippen molar-refractivity contribution >= 4 is 39.8 Å². The van der Waals surface area contributed by atoms with Gasteiger partial charge >= 0.3 is 11.2 Å². The number of hydrogen-bond donors (Lipinski definition) is 1. The zero-order chi connectivity index (χ0) is 27.1. The number of para-hydroxylation sites is 1. The van der Waals surface area contributed by atoms with Crippen molar-refractivity contribution in [2.24, 2.45) is 0 Å². The quantitative estimate of drug-likeness (QED) is 0.269. The largest absolute Gasteiger partial charge is 0.362 e. The molecule has 0 saturated carbocycles. The van der Waals surface area contributed by atoms with E-state index in [1.807, 2.05) is 36.0 Å². The lowest BCUT2D eigenvalue weighted by atomic mass is 10.1. The average molecular weight is 549 g/mol. The van der Waals surface area contributed by atoms with E-state index < -0.39 is 22.0 Å². The van der Waals surface area contributed by atoms with Crippen molar-refractivity contribution < 1.29 is 14.1 Å². The van der Waals surface area contributed by atoms with Crippen molar-refractivity contribution in [2.45, 2.75) is 13.0 Å². The van der Waals surface area contributed by atoms with E-state index >= 15 is 0 Å². The van der Waals surface area contributed by atoms with Gasteiger partial charge in [-0.3, -0.25) is 19.7 Å². The third kappa shape index (κ3) is 6.66. The summed E-state index contributed by atoms with van der Waals surface area (Å²) >= 11 is 4.64. The van der Waals surface area contributed by atoms with E-state index in [2.05, 4.69) is 11.6 Å². The number of nitrogens with zero attached hydrogens (tertiary/aromatic N) is 5. The van der Waals surface area contributed by atoms with E-state index in [9.17, 15) is 24.1 Å². The summed E-state index contributed by atoms with van der Waals surface area (Å²) in [6, 6.07) is 12.6. The normalized spacial score (nSPS) is 13.1. The Labute approximate surface area is 225 Å². The van der Waals surface area contributed by atoms with Gasteiger partial charge in [0.2, 0.25) is 0 Å². The summed E-state index contributed by atoms with van der Waals surface area (Å²) in [6.07, 6.45) is 2.15. The number of aromatic nitrogens is 1. The van der Waals surface area contributed by atoms with E-state index in [0.29, 0.717) is 61.3 Å². The fourth-order valence-corrected chi connectivity index (χ4v) is 4.54. The maximum atomic E-state index is 13.3. The highest BCUT2D eigenvalue weighted by molar-refractivity contribution is 6.15. The Morgan fingerprint density at radius 2 is 1.66 bits per heavy atom. The second-order valence-electron chi connectivity index (χ2n) is 8.87. The van der Waals surface area contributed by atoms with Gasteiger partial charge in [0.05, 0.1) is 10.4 Å². The van der Waals surface area contributed by atoms with Gasteiger partial charge in [0.25, 0.3) is 5.91 Å². The number of fused-ring (bicyclic) bond motifs is 1. The number of carbonyl (C=O) groups is 1. The van der Waals surface area contributed by atoms with Gasteiger partial charge < -0.3 is 25.4 Å². The van der Waals surface area contributed by atoms with Gasteiger partial charge in [-0.25, -0.2) is 4.39 Å². The molecule has 1 aliphatic heterocycles. The van der Waals surface area contributed by atoms with Crippen molar-refractivity contribution in [1.29, 1.82) is 0 Å². The molecule has 2 aromatic carbocycles. The fourth-order valence-electron chi connectivity index (χ4n) is 4.54. The van der Waals surface area contributed by atoms with Crippen LogP contribution in [0.25, 0.3) is 10.9 Å². The van der Waals surface area contributed by atoms with Crippen LogP contribution in [0.1, 0.15) is 16.8 Å². The summed E-state index contributed by atoms with van der Waals surface area (Å²) in [7, 11) is 3.87. The molecule has 3 aromatic rings. The Bertz CT molecular complexity index is 1310. The molecular formula is C26H34ClFN6O4. The van der Waals surface area contributed by atoms with Crippen LogP contribution in [-0.2, 0) is 6.54 Å². The van der Waals surface area contributed by atoms with Crippen molar-refractivity contribution in [2.75, 3.05) is 58.1 Å². The number of alkyl halides is 1. The van der Waals surface area contributed by atoms with Gasteiger partial charge in [-0.2, -0.15) is 0 Å². The first kappa shape index (κ1) is 30.7. The lowest BCUT2D eigenvalue weighted by Gasteiger charge is -2.36. The fraction of sp³-hybridized carbons (Fsp3) is 0.385. The smallest absolute Gasteiger partial charge is 0.357 e. The second kappa shape index (κ2) is 13.8. The molecule has 3 N–H and O–H groups in total. The predicted octanol–water partition coefficient (Wildman–Crippen LogP) is 3.98. The van der Waals surface area contributed by atoms with Crippen molar-refractivity contribution in [1.82, 2.24) is 20.5 Å². The Kier molecular flexibility index (Phi) is 11.2. The van der Waals surface area contributed by atoms with E-state index in [0.717, 1.165) is 6.54 Å². The summed E-state index contributed by atoms with van der Waals surface area (Å²) in [6.45, 7) is 2.45. The zero-order valence-corrected chi connectivity index (χ0v) is 22.7. The van der Waals surface area contributed by atoms with Crippen LogP contribution in [0.4, 0.5) is 15.8 Å². The number of pyridine rings is 1. The van der Waals surface area contributed by atoms with Crippen LogP contribution < -0.4 is 16.6 Å². The maximum Gasteiger partial charge on any atom is 0.357 e. The molecule has 1 aliphatic rings. The molecule has 0 unspecified atom stereocenters. The van der Waals surface area contributed by atoms with Crippen LogP contribution in [0.15, 0.2) is 53.3 Å². The molecule has 0 spiro atoms. The van der Waals surface area contributed by atoms with Crippen LogP contribution in [-0.4, -0.2) is 78.4 Å². The molecule has 0 radical (unpaired) electrons. The van der Waals surface area contributed by atoms with Gasteiger partial charge in [-0.05, 0) is 57.4 Å². The number of anilines is 1. The van der Waals surface area contributed by atoms with Crippen LogP contribution in [0.5, 0.6) is 0 Å². The zero-order valence-electron chi connectivity index (χ0n) is 21.9. The lowest BCUT2D eigenvalue weighted by Crippen LogP contribution is -2.49. The van der Waals surface area contributed by atoms with Crippen molar-refractivity contribution in [3.8, 4) is 0 Å². The number of amides is 1. The number of rotatable bonds is 7. The molecule has 12 heteroatoms. The van der Waals surface area contributed by atoms with Gasteiger partial charge in [-0.1, -0.05) is 18.2 Å². The molecule has 0 bridgehead atoms. The number of halogens is 2. The minimum Gasteiger partial charge on any atom is -0.362 e. The molecule has 1 fully saturated rings. The Morgan fingerprint density at radius 1 is 1.05 bits per heavy atom. The van der Waals surface area contributed by atoms with Crippen molar-refractivity contribution in [3.05, 3.63) is 80.4 Å². The summed E-state index contributed by atoms with van der Waals surface area (Å²) < 4.78 is 14.7. The summed E-state index contributed by atoms with van der Waals surface area (Å²) in [5.41, 5.74) is 0.283. The first-order valence-corrected chi connectivity index (χ1v) is 12.7. The van der Waals surface area contributed by atoms with Gasteiger partial charge in [0, 0.05) is 50.1 Å². The average Bonchev–Trinajstić information content (AvgIpc) is 2.90. The lowest BCUT2D eigenvalue weighted by molar-refractivity contribution is -0.385. The molecule has 10 nitrogen and oxygen atoms in total. The molecular weight excluding hydrogens is 515 g/mol. The van der Waals surface area contributed by atoms with Crippen molar-refractivity contribution in [3.63, 3.8) is 0 Å². The highest BCUT2D eigenvalue weighted by Gasteiger charge is 2.32. The van der Waals surface area contributed by atoms with E-state index in [-0.39, 0.29) is 12.1 Å². The first-order valence-electron chi connectivity index (χ1n) is 11.9. The van der Waals surface area contributed by atoms with Crippen LogP contribution >= 0.6 is 11.6 Å². The SMILES string of the molecule is CCl.CN(C)CCCn1c(=O)c([N+](=O)[O-])c(N2CCN(C(=O)c3ccc(F)cc3)CC2)c2ccccc21.N. The van der Waals surface area contributed by atoms with Crippen LogP contribution in [0.3, 0.4) is 0 Å². The highest BCUT2D eigenvalue weighted by atomic mass is 35.5. The monoisotopic (exact) mass is 548 g/mol. The minimum absolute atomic E-state index is 0. The van der Waals surface area contributed by atoms with E-state index in [1.54, 1.807) is 17.0 Å². The molecule has 1 saturated heterocycles. The number of nitro groups is 1. The van der Waals surface area contributed by atoms with E-state index in [4.69, 9.17) is 0 Å². The topological polar surface area (TPSA) is 127 Å². The number of hydrogen-bond acceptors (Lipinski definition) is 7. The molecule has 0 atom stereocenters. The molecule has 1 aromatic heterocycles. The Hall–Kier alpha value is -3.54. The molecule has 1 amide bonds. The first-order chi connectivity index (χ1) is 17.8. The summed E-state index contributed by atoms with van der Waals surface area (Å²) in [5, 5.41) is 12.8. The van der Waals surface area contributed by atoms with Gasteiger partial charge in [-0.15, -0.1) is 11.6 Å². The standard InChI is InChI=1S/C25H28FN5O4.CH3Cl.H3N/c1-27(2)12-5-13-30-21-7-4-3-6-20(21)22(23(25(30)33)31(34)35)28-14-16-29(17-15-28)24(32)18-8-10-19(26)11-9-18;1-2;/h3-4,6-11H,5,12-17H2,1-2H3;1H3;1H3. The van der Waals surface area contributed by atoms with Gasteiger partial charge in [0.15, 0.2) is 0 Å². The molecule has 4 rings (SSSR count). The maximum absolute atomic E-state index is 13.3. The Balaban J connectivity index is 0.00000165. The number of piperazine rings is 1. The molecule has 0 aliphatic carbocycles. The van der Waals surface area contributed by atoms with E-state index in [1.165, 1.54) is 35.2 Å². The molecule has 206 valence electrons. The van der Waals surface area contributed by atoms with Gasteiger partial charge in [0.1, 0.15) is 11.5 Å². The number of benzene rings is 2. The summed E-state index contributed by atoms with van der Waals surface area (Å²) in [5.74, 6) is -0.637. The number of carbonyl (C=O) groups excluding carboxylic acids is 1. The minimum atomic E-state index is -0.618. The summed E-state index contributed by atoms with van der Waals surface area (Å²) in [4.78, 5) is 43.1. The third-order valence-corrected chi connectivity index (χ3v) is 6.27. The Morgan fingerprint density at radius 3 is 2.24 bits per heavy atom. The number of aryl methyl sites for hydroxylation is 1. The second-order valence-corrected chi connectivity index (χ2v) is 8.87. The molecule has 2 heterocycles. The van der Waals surface area contributed by atoms with Crippen LogP contribution in [0.2, 0.25) is 0 Å².